The molecular formula is C10H17N5O2. The molecule has 0 radical (unpaired) electrons. The van der Waals surface area contributed by atoms with Gasteiger partial charge in [0.15, 0.2) is 0 Å². The molecule has 0 aliphatic heterocycles. The van der Waals surface area contributed by atoms with E-state index in [2.05, 4.69) is 15.7 Å². The number of likely N-dealkylation sites (N-methyl/N-ethyl adjacent to an activating group) is 1. The lowest BCUT2D eigenvalue weighted by Crippen LogP contribution is -2.37. The molecule has 0 unspecified atom stereocenters. The number of carbonyl (C=O) groups excluding carboxylic acids is 2. The molecule has 1 aromatic rings. The first-order valence-electron chi connectivity index (χ1n) is 5.22. The first-order chi connectivity index (χ1) is 7.95. The molecule has 0 fully saturated rings. The zero-order chi connectivity index (χ0) is 13.0. The second-order valence-corrected chi connectivity index (χ2v) is 3.69. The van der Waals surface area contributed by atoms with E-state index in [9.17, 15) is 9.59 Å². The average Bonchev–Trinajstić information content (AvgIpc) is 2.54. The second kappa shape index (κ2) is 5.33. The molecule has 0 atom stereocenters. The fourth-order valence-electron chi connectivity index (χ4n) is 1.32. The van der Waals surface area contributed by atoms with Crippen molar-refractivity contribution < 1.29 is 9.59 Å². The van der Waals surface area contributed by atoms with Gasteiger partial charge in [-0.05, 0) is 13.8 Å². The number of carbonyl (C=O) groups is 2. The van der Waals surface area contributed by atoms with Crippen LogP contribution in [0.15, 0.2) is 0 Å². The summed E-state index contributed by atoms with van der Waals surface area (Å²) in [6, 6.07) is 0. The predicted molar refractivity (Wildman–Crippen MR) is 63.2 cm³/mol. The third kappa shape index (κ3) is 3.20. The summed E-state index contributed by atoms with van der Waals surface area (Å²) < 4.78 is 1.52. The van der Waals surface area contributed by atoms with Crippen molar-refractivity contribution in [2.75, 3.05) is 19.3 Å². The summed E-state index contributed by atoms with van der Waals surface area (Å²) >= 11 is 0. The van der Waals surface area contributed by atoms with Crippen LogP contribution in [-0.4, -0.2) is 35.2 Å². The standard InChI is InChI=1S/C10H17N5O2/c1-6-10(11)7(2)15(14-6)5-9(17)13-4-8(16)12-3/h4-5,11H2,1-3H3,(H,12,16)(H,13,17). The molecule has 0 bridgehead atoms. The Kier molecular flexibility index (Phi) is 4.08. The Morgan fingerprint density at radius 2 is 2.00 bits per heavy atom. The zero-order valence-electron chi connectivity index (χ0n) is 10.2. The molecular weight excluding hydrogens is 222 g/mol. The highest BCUT2D eigenvalue weighted by Crippen LogP contribution is 2.14. The van der Waals surface area contributed by atoms with E-state index in [0.717, 1.165) is 5.69 Å². The van der Waals surface area contributed by atoms with E-state index >= 15 is 0 Å². The van der Waals surface area contributed by atoms with E-state index < -0.39 is 0 Å². The van der Waals surface area contributed by atoms with Crippen molar-refractivity contribution >= 4 is 17.5 Å². The molecule has 4 N–H and O–H groups in total. The van der Waals surface area contributed by atoms with Crippen molar-refractivity contribution in [3.63, 3.8) is 0 Å². The number of nitrogens with two attached hydrogens (primary N) is 1. The number of anilines is 1. The van der Waals surface area contributed by atoms with E-state index in [-0.39, 0.29) is 24.9 Å². The van der Waals surface area contributed by atoms with Gasteiger partial charge < -0.3 is 16.4 Å². The maximum atomic E-state index is 11.5. The predicted octanol–water partition coefficient (Wildman–Crippen LogP) is -1.06. The average molecular weight is 239 g/mol. The van der Waals surface area contributed by atoms with E-state index in [4.69, 9.17) is 5.73 Å². The van der Waals surface area contributed by atoms with Crippen LogP contribution in [-0.2, 0) is 16.1 Å². The van der Waals surface area contributed by atoms with Crippen molar-refractivity contribution in [2.45, 2.75) is 20.4 Å². The van der Waals surface area contributed by atoms with E-state index in [1.54, 1.807) is 13.8 Å². The summed E-state index contributed by atoms with van der Waals surface area (Å²) in [7, 11) is 1.51. The SMILES string of the molecule is CNC(=O)CNC(=O)Cn1nc(C)c(N)c1C. The largest absolute Gasteiger partial charge is 0.396 e. The lowest BCUT2D eigenvalue weighted by Gasteiger charge is -2.06. The lowest BCUT2D eigenvalue weighted by molar-refractivity contribution is -0.126. The van der Waals surface area contributed by atoms with Crippen molar-refractivity contribution in [3.05, 3.63) is 11.4 Å². The second-order valence-electron chi connectivity index (χ2n) is 3.69. The minimum Gasteiger partial charge on any atom is -0.396 e. The Balaban J connectivity index is 2.56. The summed E-state index contributed by atoms with van der Waals surface area (Å²) in [6.07, 6.45) is 0. The molecule has 1 aromatic heterocycles. The van der Waals surface area contributed by atoms with Gasteiger partial charge in [-0.2, -0.15) is 5.10 Å². The lowest BCUT2D eigenvalue weighted by atomic mass is 10.3. The van der Waals surface area contributed by atoms with Crippen LogP contribution in [0.3, 0.4) is 0 Å². The molecule has 0 saturated heterocycles. The summed E-state index contributed by atoms with van der Waals surface area (Å²) in [4.78, 5) is 22.4. The third-order valence-electron chi connectivity index (χ3n) is 2.46. The molecule has 0 aliphatic carbocycles. The number of amides is 2. The van der Waals surface area contributed by atoms with Gasteiger partial charge >= 0.3 is 0 Å². The number of nitrogen functional groups attached to an aromatic ring is 1. The zero-order valence-corrected chi connectivity index (χ0v) is 10.2. The molecule has 1 rings (SSSR count). The van der Waals surface area contributed by atoms with Crippen LogP contribution in [0.5, 0.6) is 0 Å². The van der Waals surface area contributed by atoms with Crippen LogP contribution in [0.2, 0.25) is 0 Å². The van der Waals surface area contributed by atoms with Crippen LogP contribution in [0.25, 0.3) is 0 Å². The first kappa shape index (κ1) is 13.0. The number of aromatic nitrogens is 2. The molecule has 0 aliphatic rings. The molecule has 94 valence electrons. The van der Waals surface area contributed by atoms with E-state index in [1.807, 2.05) is 0 Å². The fourth-order valence-corrected chi connectivity index (χ4v) is 1.32. The topological polar surface area (TPSA) is 102 Å². The quantitative estimate of drug-likeness (QED) is 0.623. The molecule has 7 heteroatoms. The van der Waals surface area contributed by atoms with Crippen molar-refractivity contribution in [1.29, 1.82) is 0 Å². The Bertz CT molecular complexity index is 438. The molecule has 1 heterocycles. The smallest absolute Gasteiger partial charge is 0.242 e. The van der Waals surface area contributed by atoms with Crippen molar-refractivity contribution in [1.82, 2.24) is 20.4 Å². The third-order valence-corrected chi connectivity index (χ3v) is 2.46. The Labute approximate surface area is 99.4 Å². The van der Waals surface area contributed by atoms with Gasteiger partial charge in [0.2, 0.25) is 11.8 Å². The van der Waals surface area contributed by atoms with Crippen LogP contribution in [0, 0.1) is 13.8 Å². The highest BCUT2D eigenvalue weighted by atomic mass is 16.2. The van der Waals surface area contributed by atoms with Gasteiger partial charge in [-0.3, -0.25) is 14.3 Å². The number of hydrogen-bond donors (Lipinski definition) is 3. The molecule has 7 nitrogen and oxygen atoms in total. The highest BCUT2D eigenvalue weighted by molar-refractivity contribution is 5.84. The Morgan fingerprint density at radius 1 is 1.35 bits per heavy atom. The molecule has 0 spiro atoms. The Hall–Kier alpha value is -2.05. The van der Waals surface area contributed by atoms with Crippen LogP contribution >= 0.6 is 0 Å². The minimum atomic E-state index is -0.279. The summed E-state index contributed by atoms with van der Waals surface area (Å²) in [5, 5.41) is 9.03. The molecule has 0 saturated carbocycles. The van der Waals surface area contributed by atoms with Crippen LogP contribution in [0.1, 0.15) is 11.4 Å². The fraction of sp³-hybridized carbons (Fsp3) is 0.500. The number of hydrogen-bond acceptors (Lipinski definition) is 4. The van der Waals surface area contributed by atoms with Gasteiger partial charge in [-0.25, -0.2) is 0 Å². The van der Waals surface area contributed by atoms with Gasteiger partial charge in [0.25, 0.3) is 0 Å². The number of aryl methyl sites for hydroxylation is 1. The molecule has 2 amide bonds. The maximum Gasteiger partial charge on any atom is 0.242 e. The van der Waals surface area contributed by atoms with Gasteiger partial charge in [0.1, 0.15) is 6.54 Å². The summed E-state index contributed by atoms with van der Waals surface area (Å²) in [5.41, 5.74) is 7.77. The summed E-state index contributed by atoms with van der Waals surface area (Å²) in [5.74, 6) is -0.523. The van der Waals surface area contributed by atoms with Crippen LogP contribution in [0.4, 0.5) is 5.69 Å². The van der Waals surface area contributed by atoms with Crippen molar-refractivity contribution in [2.24, 2.45) is 0 Å². The molecule has 0 aromatic carbocycles. The maximum absolute atomic E-state index is 11.5. The normalized spacial score (nSPS) is 10.1. The highest BCUT2D eigenvalue weighted by Gasteiger charge is 2.11. The van der Waals surface area contributed by atoms with Gasteiger partial charge in [0.05, 0.1) is 23.6 Å². The monoisotopic (exact) mass is 239 g/mol. The molecule has 17 heavy (non-hydrogen) atoms. The Morgan fingerprint density at radius 3 is 2.47 bits per heavy atom. The number of rotatable bonds is 4. The van der Waals surface area contributed by atoms with E-state index in [1.165, 1.54) is 11.7 Å². The number of nitrogens with one attached hydrogen (secondary N) is 2. The minimum absolute atomic E-state index is 0.0376. The van der Waals surface area contributed by atoms with Crippen LogP contribution < -0.4 is 16.4 Å². The summed E-state index contributed by atoms with van der Waals surface area (Å²) in [6.45, 7) is 3.59. The van der Waals surface area contributed by atoms with Gasteiger partial charge in [-0.1, -0.05) is 0 Å². The van der Waals surface area contributed by atoms with Gasteiger partial charge in [0, 0.05) is 7.05 Å². The van der Waals surface area contributed by atoms with Gasteiger partial charge in [-0.15, -0.1) is 0 Å². The first-order valence-corrected chi connectivity index (χ1v) is 5.22. The van der Waals surface area contributed by atoms with E-state index in [0.29, 0.717) is 11.4 Å². The number of nitrogens with zero attached hydrogens (tertiary/aromatic N) is 2. The van der Waals surface area contributed by atoms with Crippen molar-refractivity contribution in [3.8, 4) is 0 Å².